The van der Waals surface area contributed by atoms with Crippen molar-refractivity contribution in [3.63, 3.8) is 0 Å². The number of aromatic amines is 2. The predicted octanol–water partition coefficient (Wildman–Crippen LogP) is 17.7. The number of allylic oxidation sites excluding steroid dienone is 6. The number of benzene rings is 2. The van der Waals surface area contributed by atoms with Crippen LogP contribution in [0.25, 0.3) is 67.8 Å². The second-order valence-corrected chi connectivity index (χ2v) is 31.2. The third-order valence-electron chi connectivity index (χ3n) is 13.2. The number of ketones is 3. The van der Waals surface area contributed by atoms with Crippen LogP contribution in [0.4, 0.5) is 79.0 Å². The number of nitrogens with zero attached hydrogens (tertiary/aromatic N) is 2. The molecule has 108 heavy (non-hydrogen) atoms. The summed E-state index contributed by atoms with van der Waals surface area (Å²) >= 11 is 7.16. The van der Waals surface area contributed by atoms with Crippen LogP contribution in [0.5, 0.6) is 0 Å². The Morgan fingerprint density at radius 1 is 0.407 bits per heavy atom. The Balaban J connectivity index is 0.000000490. The molecule has 0 spiro atoms. The summed E-state index contributed by atoms with van der Waals surface area (Å²) in [7, 11) is -5.64. The number of thiophene rings is 4. The molecule has 17 nitrogen and oxygen atoms in total. The molecule has 0 saturated carbocycles. The minimum atomic E-state index is -5.46. The van der Waals surface area contributed by atoms with Crippen molar-refractivity contribution in [3.05, 3.63) is 147 Å². The quantitative estimate of drug-likeness (QED) is 0.0294. The SMILES string of the molecule is CCOP(=O)(OCC)c1ccc(-c2nc(-c3cc(C)sc3C)c(-c3cc(C)sc3C)[nH]2)cc1.CCOP(=O)(OCC)c1ccc(-c2nc(-c3cc(C)sc3C)c(-c3cc(C)sc3C)[nH]2)cc1.CO.O=C(/C=C(\[O-])C(F)(F)F)C(F)(F)F.O=C(/C=C(\[O-])C(F)(F)F)C(F)(F)F.O=C(/C=C(\[O-])C(F)(F)F)C(F)(F)F.[Dy+3]. The van der Waals surface area contributed by atoms with E-state index in [2.05, 4.69) is 89.6 Å². The van der Waals surface area contributed by atoms with Gasteiger partial charge in [-0.15, -0.1) is 45.3 Å². The van der Waals surface area contributed by atoms with Gasteiger partial charge in [0.2, 0.25) is 0 Å². The number of aryl methyl sites for hydroxylation is 8. The van der Waals surface area contributed by atoms with Gasteiger partial charge in [-0.1, -0.05) is 24.3 Å². The smallest absolute Gasteiger partial charge is 0.869 e. The summed E-state index contributed by atoms with van der Waals surface area (Å²) in [5.74, 6) is -15.4. The molecule has 0 aliphatic heterocycles. The average Bonchev–Trinajstić information content (AvgIpc) is 1.62. The molecule has 8 aromatic rings. The number of imidazole rings is 2. The Hall–Kier alpha value is -6.44. The zero-order valence-electron chi connectivity index (χ0n) is 58.4. The minimum absolute atomic E-state index is 0. The molecule has 2 aromatic carbocycles. The number of aliphatic hydroxyl groups excluding tert-OH is 1. The molecule has 6 aromatic heterocycles. The van der Waals surface area contributed by atoms with Crippen molar-refractivity contribution in [2.24, 2.45) is 0 Å². The molecule has 0 fully saturated rings. The van der Waals surface area contributed by atoms with Crippen LogP contribution >= 0.6 is 60.5 Å². The summed E-state index contributed by atoms with van der Waals surface area (Å²) in [4.78, 5) is 56.8. The second-order valence-electron chi connectivity index (χ2n) is 21.3. The number of halogens is 18. The normalized spacial score (nSPS) is 12.6. The van der Waals surface area contributed by atoms with Crippen molar-refractivity contribution in [1.82, 2.24) is 19.9 Å². The van der Waals surface area contributed by atoms with Crippen molar-refractivity contribution in [3.8, 4) is 67.8 Å². The predicted molar refractivity (Wildman–Crippen MR) is 364 cm³/mol. The number of hydrogen-bond acceptors (Lipinski definition) is 19. The second kappa shape index (κ2) is 40.7. The number of alkyl halides is 18. The monoisotopic (exact) mass is 1820 g/mol. The molecular weight excluding hydrogens is 1750 g/mol. The molecule has 0 aliphatic carbocycles. The molecule has 0 aliphatic rings. The first-order valence-corrected chi connectivity index (χ1v) is 36.7. The number of aromatic nitrogens is 4. The Labute approximate surface area is 651 Å². The third-order valence-corrected chi connectivity index (χ3v) is 21.3. The maximum absolute atomic E-state index is 13.1. The van der Waals surface area contributed by atoms with Gasteiger partial charge in [0.05, 0.1) is 59.8 Å². The number of rotatable bonds is 19. The molecule has 42 heteroatoms. The summed E-state index contributed by atoms with van der Waals surface area (Å²) < 4.78 is 251. The van der Waals surface area contributed by atoms with E-state index in [0.717, 1.165) is 63.8 Å². The number of carbonyl (C=O) groups excluding carboxylic acids is 3. The minimum Gasteiger partial charge on any atom is -0.869 e. The summed E-state index contributed by atoms with van der Waals surface area (Å²) in [6.45, 7) is 25.6. The first-order valence-electron chi connectivity index (χ1n) is 30.3. The number of hydrogen-bond donors (Lipinski definition) is 3. The number of carbonyl (C=O) groups is 3. The van der Waals surface area contributed by atoms with Gasteiger partial charge in [-0.3, -0.25) is 23.5 Å². The van der Waals surface area contributed by atoms with Crippen LogP contribution in [-0.4, -0.2) is 113 Å². The van der Waals surface area contributed by atoms with Gasteiger partial charge in [0.15, 0.2) is 0 Å². The molecule has 1 radical (unpaired) electrons. The van der Waals surface area contributed by atoms with Crippen molar-refractivity contribution in [2.75, 3.05) is 33.5 Å². The molecule has 8 rings (SSSR count). The average molecular weight is 1820 g/mol. The first-order chi connectivity index (χ1) is 49.1. The van der Waals surface area contributed by atoms with Crippen LogP contribution in [-0.2, 0) is 41.6 Å². The van der Waals surface area contributed by atoms with Gasteiger partial charge in [0, 0.05) is 79.5 Å². The summed E-state index contributed by atoms with van der Waals surface area (Å²) in [6.07, 6.45) is -35.8. The molecular formula is C66H65DyF18N4O13P2S4. The van der Waals surface area contributed by atoms with E-state index in [1.165, 1.54) is 50.1 Å². The number of H-pyrrole nitrogens is 2. The van der Waals surface area contributed by atoms with Crippen molar-refractivity contribution in [2.45, 2.75) is 120 Å². The molecule has 3 N–H and O–H groups in total. The standard InChI is InChI=1S/2C25H29N2O3PS2.3C5H2F6O2.CH4O.Dy/c2*1-7-29-31(28,30-8-2)20-11-9-19(10-12-20)25-26-23(21-13-15(3)32-17(21)5)24(27-25)22-14-16(4)33-18(22)6;3*6-4(7,8)2(12)1-3(13)5(9,10)11;1-2;/h2*9-14H,7-8H2,1-6H3,(H,26,27);3*1,12H;2H,1H3;/q;;;;;;+3/p-3/b;;3*2-1-;;. The van der Waals surface area contributed by atoms with Crippen LogP contribution in [0.3, 0.4) is 0 Å². The largest absolute Gasteiger partial charge is 3.00 e. The van der Waals surface area contributed by atoms with Crippen molar-refractivity contribution < 1.29 is 179 Å². The fourth-order valence-corrected chi connectivity index (χ4v) is 15.6. The summed E-state index contributed by atoms with van der Waals surface area (Å²) in [5.41, 5.74) is 10.5. The fourth-order valence-electron chi connectivity index (χ4n) is 8.79. The first kappa shape index (κ1) is 97.6. The Morgan fingerprint density at radius 3 is 0.796 bits per heavy atom. The van der Waals surface area contributed by atoms with Crippen LogP contribution in [0.2, 0.25) is 0 Å². The van der Waals surface area contributed by atoms with E-state index in [1.807, 2.05) is 76.2 Å². The molecule has 6 heterocycles. The van der Waals surface area contributed by atoms with Crippen LogP contribution in [0.15, 0.2) is 108 Å². The topological polar surface area (TPSA) is 269 Å². The van der Waals surface area contributed by atoms with Crippen molar-refractivity contribution in [1.29, 1.82) is 0 Å². The molecule has 0 atom stereocenters. The van der Waals surface area contributed by atoms with Crippen LogP contribution in [0.1, 0.15) is 66.7 Å². The van der Waals surface area contributed by atoms with E-state index in [-0.39, 0.29) is 38.2 Å². The van der Waals surface area contributed by atoms with E-state index in [0.29, 0.717) is 37.0 Å². The van der Waals surface area contributed by atoms with E-state index in [1.54, 1.807) is 45.3 Å². The van der Waals surface area contributed by atoms with E-state index < -0.39 is 105 Å². The maximum Gasteiger partial charge on any atom is 3.00 e. The van der Waals surface area contributed by atoms with Crippen LogP contribution < -0.4 is 25.9 Å². The Bertz CT molecular complexity index is 4050. The van der Waals surface area contributed by atoms with Gasteiger partial charge in [0.25, 0.3) is 17.3 Å². The van der Waals surface area contributed by atoms with Crippen molar-refractivity contribution >= 4 is 88.5 Å². The Kier molecular flexibility index (Phi) is 36.8. The van der Waals surface area contributed by atoms with Gasteiger partial charge >= 0.3 is 90.4 Å². The fraction of sp³-hybridized carbons (Fsp3) is 0.348. The van der Waals surface area contributed by atoms with E-state index in [9.17, 15) is 118 Å². The zero-order valence-corrected chi connectivity index (χ0v) is 65.5. The molecule has 0 bridgehead atoms. The van der Waals surface area contributed by atoms with Gasteiger partial charge in [0.1, 0.15) is 11.6 Å². The van der Waals surface area contributed by atoms with Gasteiger partial charge in [-0.2, -0.15) is 79.0 Å². The summed E-state index contributed by atoms with van der Waals surface area (Å²) in [6, 6.07) is 23.8. The van der Waals surface area contributed by atoms with Gasteiger partial charge in [-0.25, -0.2) is 9.97 Å². The number of nitrogens with one attached hydrogen (secondary N) is 2. The van der Waals surface area contributed by atoms with Crippen LogP contribution in [0, 0.1) is 93.6 Å². The molecule has 0 saturated heterocycles. The van der Waals surface area contributed by atoms with Gasteiger partial charge < -0.3 is 48.5 Å². The summed E-state index contributed by atoms with van der Waals surface area (Å²) in [5, 5.41) is 37.6. The van der Waals surface area contributed by atoms with E-state index in [4.69, 9.17) is 33.2 Å². The molecule has 0 amide bonds. The number of aliphatic hydroxyl groups is 1. The third kappa shape index (κ3) is 28.1. The van der Waals surface area contributed by atoms with E-state index >= 15 is 0 Å². The molecule has 0 unspecified atom stereocenters. The Morgan fingerprint density at radius 2 is 0.620 bits per heavy atom. The zero-order chi connectivity index (χ0) is 82.1. The molecule has 597 valence electrons. The maximum atomic E-state index is 13.1. The van der Waals surface area contributed by atoms with Gasteiger partial charge in [-0.05, 0) is 167 Å².